The summed E-state index contributed by atoms with van der Waals surface area (Å²) in [6.45, 7) is 3.75. The molecule has 0 saturated carbocycles. The Morgan fingerprint density at radius 3 is 2.21 bits per heavy atom. The summed E-state index contributed by atoms with van der Waals surface area (Å²) >= 11 is 0. The van der Waals surface area contributed by atoms with Gasteiger partial charge in [-0.3, -0.25) is 14.6 Å². The van der Waals surface area contributed by atoms with Gasteiger partial charge in [0.05, 0.1) is 13.5 Å². The summed E-state index contributed by atoms with van der Waals surface area (Å²) in [6.07, 6.45) is 4.31. The van der Waals surface area contributed by atoms with Crippen LogP contribution in [0.15, 0.2) is 73.1 Å². The number of hydrogen-bond donors (Lipinski definition) is 0. The predicted octanol–water partition coefficient (Wildman–Crippen LogP) is 3.60. The molecular formula is C27H29N3O3. The van der Waals surface area contributed by atoms with Gasteiger partial charge >= 0.3 is 0 Å². The van der Waals surface area contributed by atoms with E-state index in [1.165, 1.54) is 0 Å². The Morgan fingerprint density at radius 2 is 1.58 bits per heavy atom. The van der Waals surface area contributed by atoms with Crippen molar-refractivity contribution >= 4 is 11.8 Å². The van der Waals surface area contributed by atoms with Crippen LogP contribution >= 0.6 is 0 Å². The summed E-state index contributed by atoms with van der Waals surface area (Å²) in [7, 11) is 1.62. The number of benzene rings is 2. The molecular weight excluding hydrogens is 414 g/mol. The highest BCUT2D eigenvalue weighted by Gasteiger charge is 2.36. The van der Waals surface area contributed by atoms with E-state index in [4.69, 9.17) is 4.74 Å². The van der Waals surface area contributed by atoms with Crippen LogP contribution in [0.2, 0.25) is 0 Å². The zero-order valence-electron chi connectivity index (χ0n) is 19.1. The van der Waals surface area contributed by atoms with Gasteiger partial charge in [-0.2, -0.15) is 0 Å². The molecule has 4 rings (SSSR count). The minimum atomic E-state index is -0.490. The van der Waals surface area contributed by atoms with E-state index < -0.39 is 6.04 Å². The molecule has 6 nitrogen and oxygen atoms in total. The smallest absolute Gasteiger partial charge is 0.245 e. The molecule has 1 unspecified atom stereocenters. The van der Waals surface area contributed by atoms with Crippen LogP contribution in [0, 0.1) is 0 Å². The SMILES string of the molecule is CCN1CCN(C(=O)Cc2ccc(OC)cc2)C(Cc2ccc(-c3ccncc3)cc2)C1=O. The van der Waals surface area contributed by atoms with Crippen molar-refractivity contribution in [3.63, 3.8) is 0 Å². The third-order valence-electron chi connectivity index (χ3n) is 6.20. The van der Waals surface area contributed by atoms with E-state index in [9.17, 15) is 9.59 Å². The summed E-state index contributed by atoms with van der Waals surface area (Å²) in [4.78, 5) is 34.1. The number of rotatable bonds is 7. The summed E-state index contributed by atoms with van der Waals surface area (Å²) in [5.74, 6) is 0.749. The Balaban J connectivity index is 1.51. The molecule has 6 heteroatoms. The third-order valence-corrected chi connectivity index (χ3v) is 6.20. The van der Waals surface area contributed by atoms with Crippen molar-refractivity contribution in [3.05, 3.63) is 84.2 Å². The van der Waals surface area contributed by atoms with E-state index in [1.54, 1.807) is 24.4 Å². The molecule has 33 heavy (non-hydrogen) atoms. The number of likely N-dealkylation sites (N-methyl/N-ethyl adjacent to an activating group) is 1. The molecule has 1 fully saturated rings. The minimum absolute atomic E-state index is 0.0186. The van der Waals surface area contributed by atoms with Crippen molar-refractivity contribution in [1.82, 2.24) is 14.8 Å². The molecule has 1 saturated heterocycles. The van der Waals surface area contributed by atoms with Gasteiger partial charge in [-0.15, -0.1) is 0 Å². The van der Waals surface area contributed by atoms with E-state index in [-0.39, 0.29) is 18.2 Å². The van der Waals surface area contributed by atoms with Crippen molar-refractivity contribution < 1.29 is 14.3 Å². The molecule has 2 aromatic carbocycles. The zero-order chi connectivity index (χ0) is 23.2. The Morgan fingerprint density at radius 1 is 0.939 bits per heavy atom. The van der Waals surface area contributed by atoms with Crippen LogP contribution in [-0.2, 0) is 22.4 Å². The van der Waals surface area contributed by atoms with Crippen molar-refractivity contribution in [2.24, 2.45) is 0 Å². The zero-order valence-corrected chi connectivity index (χ0v) is 19.1. The second kappa shape index (κ2) is 10.3. The average molecular weight is 444 g/mol. The molecule has 2 heterocycles. The molecule has 1 aromatic heterocycles. The fourth-order valence-electron chi connectivity index (χ4n) is 4.27. The molecule has 1 aliphatic rings. The van der Waals surface area contributed by atoms with Gasteiger partial charge in [0.2, 0.25) is 11.8 Å². The van der Waals surface area contributed by atoms with Gasteiger partial charge in [-0.25, -0.2) is 0 Å². The number of pyridine rings is 1. The summed E-state index contributed by atoms with van der Waals surface area (Å²) in [6, 6.07) is 19.1. The fraction of sp³-hybridized carbons (Fsp3) is 0.296. The van der Waals surface area contributed by atoms with Gasteiger partial charge in [0.1, 0.15) is 11.8 Å². The molecule has 3 aromatic rings. The van der Waals surface area contributed by atoms with Crippen LogP contribution in [-0.4, -0.2) is 59.4 Å². The van der Waals surface area contributed by atoms with Crippen LogP contribution in [0.1, 0.15) is 18.1 Å². The summed E-state index contributed by atoms with van der Waals surface area (Å²) in [5.41, 5.74) is 4.13. The number of methoxy groups -OCH3 is 1. The summed E-state index contributed by atoms with van der Waals surface area (Å²) < 4.78 is 5.20. The standard InChI is InChI=1S/C27H29N3O3/c1-3-29-16-17-30(26(31)19-21-6-10-24(33-2)11-7-21)25(27(29)32)18-20-4-8-22(9-5-20)23-12-14-28-15-13-23/h4-15,25H,3,16-19H2,1-2H3. The normalized spacial score (nSPS) is 16.1. The number of ether oxygens (including phenoxy) is 1. The lowest BCUT2D eigenvalue weighted by Crippen LogP contribution is -2.59. The topological polar surface area (TPSA) is 62.7 Å². The van der Waals surface area contributed by atoms with Crippen molar-refractivity contribution in [2.75, 3.05) is 26.7 Å². The molecule has 1 atom stereocenters. The first-order valence-electron chi connectivity index (χ1n) is 11.3. The molecule has 170 valence electrons. The van der Waals surface area contributed by atoms with Gasteiger partial charge in [-0.1, -0.05) is 36.4 Å². The van der Waals surface area contributed by atoms with E-state index in [0.29, 0.717) is 26.1 Å². The van der Waals surface area contributed by atoms with Crippen molar-refractivity contribution in [2.45, 2.75) is 25.8 Å². The highest BCUT2D eigenvalue weighted by Crippen LogP contribution is 2.22. The first kappa shape index (κ1) is 22.5. The van der Waals surface area contributed by atoms with Gasteiger partial charge in [0.25, 0.3) is 0 Å². The number of nitrogens with zero attached hydrogens (tertiary/aromatic N) is 3. The second-order valence-corrected chi connectivity index (χ2v) is 8.18. The maximum Gasteiger partial charge on any atom is 0.245 e. The lowest BCUT2D eigenvalue weighted by Gasteiger charge is -2.40. The fourth-order valence-corrected chi connectivity index (χ4v) is 4.27. The molecule has 0 N–H and O–H groups in total. The largest absolute Gasteiger partial charge is 0.497 e. The van der Waals surface area contributed by atoms with Crippen LogP contribution < -0.4 is 4.74 Å². The Bertz CT molecular complexity index is 1080. The molecule has 0 radical (unpaired) electrons. The van der Waals surface area contributed by atoms with E-state index in [0.717, 1.165) is 28.0 Å². The van der Waals surface area contributed by atoms with E-state index in [2.05, 4.69) is 17.1 Å². The van der Waals surface area contributed by atoms with Crippen LogP contribution in [0.3, 0.4) is 0 Å². The Labute approximate surface area is 194 Å². The molecule has 0 aliphatic carbocycles. The predicted molar refractivity (Wildman–Crippen MR) is 128 cm³/mol. The number of piperazine rings is 1. The summed E-state index contributed by atoms with van der Waals surface area (Å²) in [5, 5.41) is 0. The minimum Gasteiger partial charge on any atom is -0.497 e. The molecule has 1 aliphatic heterocycles. The number of hydrogen-bond acceptors (Lipinski definition) is 4. The van der Waals surface area contributed by atoms with Crippen molar-refractivity contribution in [3.8, 4) is 16.9 Å². The van der Waals surface area contributed by atoms with Gasteiger partial charge in [0, 0.05) is 38.4 Å². The van der Waals surface area contributed by atoms with Crippen molar-refractivity contribution in [1.29, 1.82) is 0 Å². The van der Waals surface area contributed by atoms with Crippen LogP contribution in [0.5, 0.6) is 5.75 Å². The Kier molecular flexibility index (Phi) is 7.03. The monoisotopic (exact) mass is 443 g/mol. The maximum atomic E-state index is 13.2. The quantitative estimate of drug-likeness (QED) is 0.560. The number of amides is 2. The molecule has 0 bridgehead atoms. The lowest BCUT2D eigenvalue weighted by atomic mass is 9.98. The second-order valence-electron chi connectivity index (χ2n) is 8.18. The highest BCUT2D eigenvalue weighted by molar-refractivity contribution is 5.90. The molecule has 2 amide bonds. The maximum absolute atomic E-state index is 13.2. The van der Waals surface area contributed by atoms with Crippen LogP contribution in [0.4, 0.5) is 0 Å². The average Bonchev–Trinajstić information content (AvgIpc) is 2.86. The first-order chi connectivity index (χ1) is 16.1. The van der Waals surface area contributed by atoms with Crippen LogP contribution in [0.25, 0.3) is 11.1 Å². The number of carbonyl (C=O) groups is 2. The van der Waals surface area contributed by atoms with Gasteiger partial charge < -0.3 is 14.5 Å². The first-order valence-corrected chi connectivity index (χ1v) is 11.3. The van der Waals surface area contributed by atoms with Gasteiger partial charge in [-0.05, 0) is 53.4 Å². The highest BCUT2D eigenvalue weighted by atomic mass is 16.5. The molecule has 0 spiro atoms. The number of carbonyl (C=O) groups excluding carboxylic acids is 2. The number of aromatic nitrogens is 1. The van der Waals surface area contributed by atoms with Gasteiger partial charge in [0.15, 0.2) is 0 Å². The lowest BCUT2D eigenvalue weighted by molar-refractivity contribution is -0.150. The Hall–Kier alpha value is -3.67. The van der Waals surface area contributed by atoms with E-state index >= 15 is 0 Å². The van der Waals surface area contributed by atoms with E-state index in [1.807, 2.05) is 60.4 Å². The third kappa shape index (κ3) is 5.22.